The minimum atomic E-state index is 0.0934. The number of ether oxygens (including phenoxy) is 2. The number of aliphatic hydroxyl groups excluding tert-OH is 1. The monoisotopic (exact) mass is 237 g/mol. The average Bonchev–Trinajstić information content (AvgIpc) is 2.35. The SMILES string of the molecule is CNCC(CO)c1cc2c(cc1C)OCCO2. The molecule has 0 saturated heterocycles. The summed E-state index contributed by atoms with van der Waals surface area (Å²) in [5, 5.41) is 12.5. The molecule has 1 aromatic carbocycles. The number of benzene rings is 1. The number of aliphatic hydroxyl groups is 1. The van der Waals surface area contributed by atoms with Gasteiger partial charge in [0.05, 0.1) is 6.61 Å². The molecule has 0 saturated carbocycles. The van der Waals surface area contributed by atoms with Gasteiger partial charge in [-0.2, -0.15) is 0 Å². The van der Waals surface area contributed by atoms with Crippen molar-refractivity contribution in [1.82, 2.24) is 5.32 Å². The first-order valence-electron chi connectivity index (χ1n) is 5.92. The summed E-state index contributed by atoms with van der Waals surface area (Å²) in [6.07, 6.45) is 0. The summed E-state index contributed by atoms with van der Waals surface area (Å²) in [4.78, 5) is 0. The van der Waals surface area contributed by atoms with Crippen LogP contribution in [0.4, 0.5) is 0 Å². The summed E-state index contributed by atoms with van der Waals surface area (Å²) in [6, 6.07) is 3.98. The van der Waals surface area contributed by atoms with E-state index < -0.39 is 0 Å². The van der Waals surface area contributed by atoms with Crippen molar-refractivity contribution in [2.24, 2.45) is 0 Å². The molecular formula is C13H19NO3. The van der Waals surface area contributed by atoms with Crippen molar-refractivity contribution in [3.63, 3.8) is 0 Å². The molecule has 0 fully saturated rings. The summed E-state index contributed by atoms with van der Waals surface area (Å²) in [5.74, 6) is 1.68. The van der Waals surface area contributed by atoms with Gasteiger partial charge in [0.15, 0.2) is 11.5 Å². The van der Waals surface area contributed by atoms with Gasteiger partial charge in [-0.1, -0.05) is 0 Å². The van der Waals surface area contributed by atoms with Crippen LogP contribution in [0.1, 0.15) is 17.0 Å². The Balaban J connectivity index is 2.33. The molecule has 0 aromatic heterocycles. The lowest BCUT2D eigenvalue weighted by Gasteiger charge is -2.23. The van der Waals surface area contributed by atoms with E-state index in [1.54, 1.807) is 0 Å². The second-order valence-electron chi connectivity index (χ2n) is 4.29. The standard InChI is InChI=1S/C13H19NO3/c1-9-5-12-13(17-4-3-16-12)6-11(9)10(8-15)7-14-2/h5-6,10,14-15H,3-4,7-8H2,1-2H3. The molecule has 0 bridgehead atoms. The molecule has 2 N–H and O–H groups in total. The van der Waals surface area contributed by atoms with Crippen LogP contribution in [0, 0.1) is 6.92 Å². The summed E-state index contributed by atoms with van der Waals surface area (Å²) in [5.41, 5.74) is 2.25. The lowest BCUT2D eigenvalue weighted by molar-refractivity contribution is 0.171. The van der Waals surface area contributed by atoms with Gasteiger partial charge in [0.2, 0.25) is 0 Å². The fraction of sp³-hybridized carbons (Fsp3) is 0.538. The highest BCUT2D eigenvalue weighted by Crippen LogP contribution is 2.35. The zero-order valence-electron chi connectivity index (χ0n) is 10.3. The molecule has 1 heterocycles. The van der Waals surface area contributed by atoms with Crippen LogP contribution in [0.15, 0.2) is 12.1 Å². The molecule has 0 amide bonds. The molecule has 17 heavy (non-hydrogen) atoms. The Morgan fingerprint density at radius 2 is 1.94 bits per heavy atom. The number of hydrogen-bond acceptors (Lipinski definition) is 4. The van der Waals surface area contributed by atoms with Crippen LogP contribution in [0.5, 0.6) is 11.5 Å². The zero-order valence-corrected chi connectivity index (χ0v) is 10.3. The summed E-state index contributed by atoms with van der Waals surface area (Å²) in [7, 11) is 1.88. The normalized spacial score (nSPS) is 15.7. The van der Waals surface area contributed by atoms with E-state index in [0.29, 0.717) is 13.2 Å². The lowest BCUT2D eigenvalue weighted by atomic mass is 9.94. The number of nitrogens with one attached hydrogen (secondary N) is 1. The highest BCUT2D eigenvalue weighted by atomic mass is 16.6. The number of hydrogen-bond donors (Lipinski definition) is 2. The van der Waals surface area contributed by atoms with Crippen molar-refractivity contribution in [3.8, 4) is 11.5 Å². The minimum Gasteiger partial charge on any atom is -0.486 e. The summed E-state index contributed by atoms with van der Waals surface area (Å²) >= 11 is 0. The van der Waals surface area contributed by atoms with Gasteiger partial charge in [-0.15, -0.1) is 0 Å². The Morgan fingerprint density at radius 1 is 1.29 bits per heavy atom. The third kappa shape index (κ3) is 2.53. The highest BCUT2D eigenvalue weighted by molar-refractivity contribution is 5.49. The van der Waals surface area contributed by atoms with Crippen LogP contribution < -0.4 is 14.8 Å². The molecule has 1 aliphatic rings. The smallest absolute Gasteiger partial charge is 0.161 e. The number of rotatable bonds is 4. The molecular weight excluding hydrogens is 218 g/mol. The largest absolute Gasteiger partial charge is 0.486 e. The van der Waals surface area contributed by atoms with Crippen LogP contribution in [-0.2, 0) is 0 Å². The van der Waals surface area contributed by atoms with Crippen molar-refractivity contribution >= 4 is 0 Å². The molecule has 0 aliphatic carbocycles. The fourth-order valence-electron chi connectivity index (χ4n) is 2.17. The third-order valence-corrected chi connectivity index (χ3v) is 3.04. The molecule has 4 nitrogen and oxygen atoms in total. The van der Waals surface area contributed by atoms with Crippen molar-refractivity contribution in [2.45, 2.75) is 12.8 Å². The van der Waals surface area contributed by atoms with E-state index in [4.69, 9.17) is 9.47 Å². The van der Waals surface area contributed by atoms with Gasteiger partial charge in [-0.05, 0) is 37.2 Å². The van der Waals surface area contributed by atoms with Gasteiger partial charge >= 0.3 is 0 Å². The van der Waals surface area contributed by atoms with E-state index >= 15 is 0 Å². The van der Waals surface area contributed by atoms with E-state index in [1.165, 1.54) is 0 Å². The predicted octanol–water partition coefficient (Wildman–Crippen LogP) is 1.06. The van der Waals surface area contributed by atoms with Crippen LogP contribution in [0.25, 0.3) is 0 Å². The topological polar surface area (TPSA) is 50.7 Å². The van der Waals surface area contributed by atoms with Gasteiger partial charge in [0.1, 0.15) is 13.2 Å². The van der Waals surface area contributed by atoms with Crippen LogP contribution in [0.3, 0.4) is 0 Å². The maximum absolute atomic E-state index is 9.43. The molecule has 0 spiro atoms. The second-order valence-corrected chi connectivity index (χ2v) is 4.29. The molecule has 1 aliphatic heterocycles. The number of likely N-dealkylation sites (N-methyl/N-ethyl adjacent to an activating group) is 1. The fourth-order valence-corrected chi connectivity index (χ4v) is 2.17. The number of fused-ring (bicyclic) bond motifs is 1. The van der Waals surface area contributed by atoms with Crippen LogP contribution in [0.2, 0.25) is 0 Å². The molecule has 94 valence electrons. The maximum Gasteiger partial charge on any atom is 0.161 e. The molecule has 1 unspecified atom stereocenters. The summed E-state index contributed by atoms with van der Waals surface area (Å²) in [6.45, 7) is 4.10. The Labute approximate surface area is 102 Å². The van der Waals surface area contributed by atoms with Crippen molar-refractivity contribution in [3.05, 3.63) is 23.3 Å². The van der Waals surface area contributed by atoms with Crippen molar-refractivity contribution in [2.75, 3.05) is 33.4 Å². The first-order chi connectivity index (χ1) is 8.26. The van der Waals surface area contributed by atoms with E-state index in [9.17, 15) is 5.11 Å². The molecule has 1 atom stereocenters. The second kappa shape index (κ2) is 5.38. The highest BCUT2D eigenvalue weighted by Gasteiger charge is 2.18. The first kappa shape index (κ1) is 12.2. The maximum atomic E-state index is 9.43. The van der Waals surface area contributed by atoms with Crippen molar-refractivity contribution < 1.29 is 14.6 Å². The summed E-state index contributed by atoms with van der Waals surface area (Å²) < 4.78 is 11.1. The Hall–Kier alpha value is -1.26. The quantitative estimate of drug-likeness (QED) is 0.822. The Bertz CT molecular complexity index is 392. The van der Waals surface area contributed by atoms with E-state index in [2.05, 4.69) is 5.32 Å². The lowest BCUT2D eigenvalue weighted by Crippen LogP contribution is -2.22. The Morgan fingerprint density at radius 3 is 2.53 bits per heavy atom. The predicted molar refractivity (Wildman–Crippen MR) is 65.9 cm³/mol. The van der Waals surface area contributed by atoms with E-state index in [-0.39, 0.29) is 12.5 Å². The zero-order chi connectivity index (χ0) is 12.3. The van der Waals surface area contributed by atoms with Gasteiger partial charge in [0.25, 0.3) is 0 Å². The van der Waals surface area contributed by atoms with Crippen molar-refractivity contribution in [1.29, 1.82) is 0 Å². The first-order valence-corrected chi connectivity index (χ1v) is 5.92. The molecule has 1 aromatic rings. The van der Waals surface area contributed by atoms with Crippen LogP contribution in [-0.4, -0.2) is 38.5 Å². The molecule has 2 rings (SSSR count). The van der Waals surface area contributed by atoms with Crippen LogP contribution >= 0.6 is 0 Å². The van der Waals surface area contributed by atoms with Gasteiger partial charge in [-0.25, -0.2) is 0 Å². The number of aryl methyl sites for hydroxylation is 1. The van der Waals surface area contributed by atoms with E-state index in [1.807, 2.05) is 26.1 Å². The Kier molecular flexibility index (Phi) is 3.86. The molecule has 0 radical (unpaired) electrons. The van der Waals surface area contributed by atoms with Gasteiger partial charge in [0, 0.05) is 12.5 Å². The minimum absolute atomic E-state index is 0.0934. The third-order valence-electron chi connectivity index (χ3n) is 3.04. The van der Waals surface area contributed by atoms with Gasteiger partial charge in [-0.3, -0.25) is 0 Å². The van der Waals surface area contributed by atoms with Gasteiger partial charge < -0.3 is 19.9 Å². The molecule has 4 heteroatoms. The van der Waals surface area contributed by atoms with E-state index in [0.717, 1.165) is 29.2 Å². The average molecular weight is 237 g/mol.